The van der Waals surface area contributed by atoms with Crippen molar-refractivity contribution in [2.75, 3.05) is 46.0 Å². The number of likely N-dealkylation sites (tertiary alicyclic amines) is 1. The first-order valence-electron chi connectivity index (χ1n) is 9.72. The Balaban J connectivity index is 0.000000409. The molecular formula is C20H30N2O6. The molecule has 1 aromatic rings. The molecular weight excluding hydrogens is 364 g/mol. The number of ether oxygens (including phenoxy) is 2. The average Bonchev–Trinajstić information content (AvgIpc) is 2.71. The van der Waals surface area contributed by atoms with Gasteiger partial charge in [-0.25, -0.2) is 9.59 Å². The fourth-order valence-electron chi connectivity index (χ4n) is 3.56. The summed E-state index contributed by atoms with van der Waals surface area (Å²) >= 11 is 0. The monoisotopic (exact) mass is 394 g/mol. The summed E-state index contributed by atoms with van der Waals surface area (Å²) in [6, 6.07) is 9.19. The summed E-state index contributed by atoms with van der Waals surface area (Å²) in [6.45, 7) is 10.2. The predicted molar refractivity (Wildman–Crippen MR) is 104 cm³/mol. The minimum absolute atomic E-state index is 0.732. The molecule has 2 aliphatic heterocycles. The third-order valence-electron chi connectivity index (χ3n) is 4.97. The first kappa shape index (κ1) is 22.1. The molecule has 2 N–H and O–H groups in total. The second-order valence-corrected chi connectivity index (χ2v) is 6.81. The fraction of sp³-hybridized carbons (Fsp3) is 0.600. The molecule has 156 valence electrons. The van der Waals surface area contributed by atoms with E-state index in [2.05, 4.69) is 34.1 Å². The summed E-state index contributed by atoms with van der Waals surface area (Å²) in [4.78, 5) is 23.4. The van der Waals surface area contributed by atoms with E-state index < -0.39 is 11.9 Å². The SMILES string of the molecule is CCOc1ccccc1CN1CCC(N2CCOCC2)CC1.O=C(O)C(=O)O. The van der Waals surface area contributed by atoms with Gasteiger partial charge in [0.1, 0.15) is 5.75 Å². The lowest BCUT2D eigenvalue weighted by molar-refractivity contribution is -0.159. The van der Waals surface area contributed by atoms with E-state index >= 15 is 0 Å². The van der Waals surface area contributed by atoms with Gasteiger partial charge in [0, 0.05) is 31.2 Å². The zero-order valence-electron chi connectivity index (χ0n) is 16.4. The van der Waals surface area contributed by atoms with Crippen molar-refractivity contribution in [3.05, 3.63) is 29.8 Å². The summed E-state index contributed by atoms with van der Waals surface area (Å²) in [5.74, 6) is -2.61. The summed E-state index contributed by atoms with van der Waals surface area (Å²) in [5, 5.41) is 14.8. The molecule has 0 saturated carbocycles. The molecule has 28 heavy (non-hydrogen) atoms. The van der Waals surface area contributed by atoms with Crippen LogP contribution in [0.1, 0.15) is 25.3 Å². The zero-order valence-corrected chi connectivity index (χ0v) is 16.4. The van der Waals surface area contributed by atoms with Crippen LogP contribution < -0.4 is 4.74 Å². The maximum atomic E-state index is 9.10. The second kappa shape index (κ2) is 11.6. The number of carboxylic acids is 2. The molecule has 0 amide bonds. The van der Waals surface area contributed by atoms with Crippen LogP contribution in [0, 0.1) is 0 Å². The molecule has 0 bridgehead atoms. The molecule has 8 heteroatoms. The maximum Gasteiger partial charge on any atom is 0.414 e. The summed E-state index contributed by atoms with van der Waals surface area (Å²) in [5.41, 5.74) is 1.31. The number of hydrogen-bond donors (Lipinski definition) is 2. The molecule has 2 aliphatic rings. The largest absolute Gasteiger partial charge is 0.494 e. The van der Waals surface area contributed by atoms with E-state index in [0.29, 0.717) is 0 Å². The molecule has 0 unspecified atom stereocenters. The number of carbonyl (C=O) groups is 2. The molecule has 0 aliphatic carbocycles. The molecule has 8 nitrogen and oxygen atoms in total. The van der Waals surface area contributed by atoms with Crippen LogP contribution in [0.15, 0.2) is 24.3 Å². The van der Waals surface area contributed by atoms with Crippen molar-refractivity contribution in [1.82, 2.24) is 9.80 Å². The Morgan fingerprint density at radius 1 is 1.07 bits per heavy atom. The van der Waals surface area contributed by atoms with Gasteiger partial charge in [-0.15, -0.1) is 0 Å². The highest BCUT2D eigenvalue weighted by atomic mass is 16.5. The number of para-hydroxylation sites is 1. The lowest BCUT2D eigenvalue weighted by Crippen LogP contribution is -2.48. The molecule has 0 aromatic heterocycles. The number of nitrogens with zero attached hydrogens (tertiary/aromatic N) is 2. The van der Waals surface area contributed by atoms with Crippen molar-refractivity contribution in [3.63, 3.8) is 0 Å². The highest BCUT2D eigenvalue weighted by Gasteiger charge is 2.26. The topological polar surface area (TPSA) is 99.5 Å². The highest BCUT2D eigenvalue weighted by Crippen LogP contribution is 2.23. The van der Waals surface area contributed by atoms with Crippen molar-refractivity contribution >= 4 is 11.9 Å². The van der Waals surface area contributed by atoms with Gasteiger partial charge in [-0.1, -0.05) is 18.2 Å². The lowest BCUT2D eigenvalue weighted by Gasteiger charge is -2.40. The number of carboxylic acid groups (broad SMARTS) is 2. The van der Waals surface area contributed by atoms with Crippen molar-refractivity contribution in [1.29, 1.82) is 0 Å². The van der Waals surface area contributed by atoms with Crippen LogP contribution in [0.25, 0.3) is 0 Å². The van der Waals surface area contributed by atoms with Crippen molar-refractivity contribution < 1.29 is 29.3 Å². The third kappa shape index (κ3) is 7.10. The Morgan fingerprint density at radius 3 is 2.25 bits per heavy atom. The Morgan fingerprint density at radius 2 is 1.68 bits per heavy atom. The van der Waals surface area contributed by atoms with E-state index in [-0.39, 0.29) is 0 Å². The summed E-state index contributed by atoms with van der Waals surface area (Å²) in [6.07, 6.45) is 2.55. The summed E-state index contributed by atoms with van der Waals surface area (Å²) in [7, 11) is 0. The second-order valence-electron chi connectivity index (χ2n) is 6.81. The maximum absolute atomic E-state index is 9.10. The lowest BCUT2D eigenvalue weighted by atomic mass is 10.0. The van der Waals surface area contributed by atoms with E-state index in [1.54, 1.807) is 0 Å². The normalized spacial score (nSPS) is 18.8. The molecule has 0 radical (unpaired) electrons. The Labute approximate surface area is 165 Å². The van der Waals surface area contributed by atoms with Crippen LogP contribution in [-0.4, -0.2) is 84.0 Å². The van der Waals surface area contributed by atoms with E-state index in [9.17, 15) is 0 Å². The highest BCUT2D eigenvalue weighted by molar-refractivity contribution is 6.27. The minimum Gasteiger partial charge on any atom is -0.494 e. The van der Waals surface area contributed by atoms with Gasteiger partial charge in [-0.2, -0.15) is 0 Å². The van der Waals surface area contributed by atoms with E-state index in [1.807, 2.05) is 6.92 Å². The number of aliphatic carboxylic acids is 2. The molecule has 2 fully saturated rings. The van der Waals surface area contributed by atoms with Gasteiger partial charge in [0.2, 0.25) is 0 Å². The van der Waals surface area contributed by atoms with Crippen molar-refractivity contribution in [2.45, 2.75) is 32.4 Å². The Hall–Kier alpha value is -2.16. The van der Waals surface area contributed by atoms with E-state index in [4.69, 9.17) is 29.3 Å². The van der Waals surface area contributed by atoms with E-state index in [0.717, 1.165) is 51.2 Å². The quantitative estimate of drug-likeness (QED) is 0.726. The molecule has 2 heterocycles. The van der Waals surface area contributed by atoms with Gasteiger partial charge >= 0.3 is 11.9 Å². The van der Waals surface area contributed by atoms with Gasteiger partial charge in [0.05, 0.1) is 19.8 Å². The van der Waals surface area contributed by atoms with Gasteiger partial charge in [0.25, 0.3) is 0 Å². The van der Waals surface area contributed by atoms with Crippen LogP contribution in [0.3, 0.4) is 0 Å². The molecule has 1 aromatic carbocycles. The van der Waals surface area contributed by atoms with Crippen LogP contribution in [0.5, 0.6) is 5.75 Å². The standard InChI is InChI=1S/C18H28N2O2.C2H2O4/c1-2-22-18-6-4-3-5-16(18)15-19-9-7-17(8-10-19)20-11-13-21-14-12-20;3-1(4)2(5)6/h3-6,17H,2,7-15H2,1H3;(H,3,4)(H,5,6). The third-order valence-corrected chi connectivity index (χ3v) is 4.97. The first-order chi connectivity index (χ1) is 13.5. The van der Waals surface area contributed by atoms with Gasteiger partial charge in [0.15, 0.2) is 0 Å². The smallest absolute Gasteiger partial charge is 0.414 e. The number of morpholine rings is 1. The van der Waals surface area contributed by atoms with Crippen LogP contribution >= 0.6 is 0 Å². The minimum atomic E-state index is -1.82. The van der Waals surface area contributed by atoms with Gasteiger partial charge in [-0.3, -0.25) is 9.80 Å². The predicted octanol–water partition coefficient (Wildman–Crippen LogP) is 1.54. The van der Waals surface area contributed by atoms with Crippen molar-refractivity contribution in [3.8, 4) is 5.75 Å². The van der Waals surface area contributed by atoms with Crippen LogP contribution in [-0.2, 0) is 20.9 Å². The van der Waals surface area contributed by atoms with Crippen LogP contribution in [0.4, 0.5) is 0 Å². The molecule has 2 saturated heterocycles. The van der Waals surface area contributed by atoms with Gasteiger partial charge < -0.3 is 19.7 Å². The summed E-state index contributed by atoms with van der Waals surface area (Å²) < 4.78 is 11.2. The Kier molecular flexibility index (Phi) is 9.19. The van der Waals surface area contributed by atoms with Gasteiger partial charge in [-0.05, 0) is 38.9 Å². The van der Waals surface area contributed by atoms with Crippen molar-refractivity contribution in [2.24, 2.45) is 0 Å². The fourth-order valence-corrected chi connectivity index (χ4v) is 3.56. The molecule has 3 rings (SSSR count). The first-order valence-corrected chi connectivity index (χ1v) is 9.72. The number of benzene rings is 1. The number of piperidine rings is 1. The van der Waals surface area contributed by atoms with E-state index in [1.165, 1.54) is 31.5 Å². The average molecular weight is 394 g/mol. The zero-order chi connectivity index (χ0) is 20.4. The number of hydrogen-bond acceptors (Lipinski definition) is 6. The van der Waals surface area contributed by atoms with Crippen LogP contribution in [0.2, 0.25) is 0 Å². The molecule has 0 spiro atoms. The number of rotatable bonds is 5. The molecule has 0 atom stereocenters. The Bertz CT molecular complexity index is 613.